The number of rotatable bonds is 8. The molecule has 9 heteroatoms. The van der Waals surface area contributed by atoms with Gasteiger partial charge in [-0.15, -0.1) is 21.5 Å². The number of hydrogen-bond acceptors (Lipinski definition) is 8. The van der Waals surface area contributed by atoms with Crippen molar-refractivity contribution in [2.24, 2.45) is 0 Å². The van der Waals surface area contributed by atoms with Gasteiger partial charge in [-0.2, -0.15) is 5.26 Å². The average molecular weight is 455 g/mol. The standard InChI is InChI=1S/C22H22N4O3S2/c1-28-15-8-6-14(7-9-15)12-20-25-26-22(29-20)30-11-10-19(27)24-21-17(13-23)16-4-2-3-5-18(16)31-21/h6-9H,2-5,10-12H2,1H3,(H,24,27). The van der Waals surface area contributed by atoms with E-state index in [4.69, 9.17) is 9.15 Å². The van der Waals surface area contributed by atoms with Crippen molar-refractivity contribution in [3.8, 4) is 11.8 Å². The SMILES string of the molecule is COc1ccc(Cc2nnc(SCCC(=O)Nc3sc4c(c3C#N)CCCC4)o2)cc1. The van der Waals surface area contributed by atoms with Crippen molar-refractivity contribution in [1.29, 1.82) is 5.26 Å². The zero-order chi connectivity index (χ0) is 21.6. The summed E-state index contributed by atoms with van der Waals surface area (Å²) in [7, 11) is 1.63. The molecule has 1 N–H and O–H groups in total. The van der Waals surface area contributed by atoms with E-state index in [0.717, 1.165) is 42.6 Å². The van der Waals surface area contributed by atoms with Crippen LogP contribution in [0.15, 0.2) is 33.9 Å². The van der Waals surface area contributed by atoms with Gasteiger partial charge in [0.1, 0.15) is 16.8 Å². The summed E-state index contributed by atoms with van der Waals surface area (Å²) in [5.41, 5.74) is 2.81. The largest absolute Gasteiger partial charge is 0.497 e. The molecule has 1 aliphatic rings. The van der Waals surface area contributed by atoms with Gasteiger partial charge in [-0.1, -0.05) is 23.9 Å². The number of benzene rings is 1. The topological polar surface area (TPSA) is 101 Å². The van der Waals surface area contributed by atoms with Crippen LogP contribution in [0.3, 0.4) is 0 Å². The molecule has 2 aromatic heterocycles. The van der Waals surface area contributed by atoms with Gasteiger partial charge in [0.25, 0.3) is 5.22 Å². The lowest BCUT2D eigenvalue weighted by atomic mass is 9.96. The maximum atomic E-state index is 12.4. The van der Waals surface area contributed by atoms with E-state index < -0.39 is 0 Å². The van der Waals surface area contributed by atoms with Crippen LogP contribution >= 0.6 is 23.1 Å². The lowest BCUT2D eigenvalue weighted by Gasteiger charge is -2.09. The van der Waals surface area contributed by atoms with Gasteiger partial charge in [-0.3, -0.25) is 4.79 Å². The van der Waals surface area contributed by atoms with E-state index >= 15 is 0 Å². The number of thiophene rings is 1. The number of aromatic nitrogens is 2. The van der Waals surface area contributed by atoms with E-state index in [9.17, 15) is 10.1 Å². The summed E-state index contributed by atoms with van der Waals surface area (Å²) < 4.78 is 10.8. The Hall–Kier alpha value is -2.83. The second-order valence-corrected chi connectivity index (χ2v) is 9.31. The highest BCUT2D eigenvalue weighted by Crippen LogP contribution is 2.37. The normalized spacial score (nSPS) is 12.8. The van der Waals surface area contributed by atoms with E-state index in [1.54, 1.807) is 18.4 Å². The van der Waals surface area contributed by atoms with Crippen LogP contribution in [0.25, 0.3) is 0 Å². The fourth-order valence-electron chi connectivity index (χ4n) is 3.48. The molecule has 1 aromatic carbocycles. The highest BCUT2D eigenvalue weighted by molar-refractivity contribution is 7.99. The summed E-state index contributed by atoms with van der Waals surface area (Å²) >= 11 is 2.89. The lowest BCUT2D eigenvalue weighted by molar-refractivity contribution is -0.115. The molecule has 2 heterocycles. The first-order chi connectivity index (χ1) is 15.2. The van der Waals surface area contributed by atoms with Gasteiger partial charge in [0.15, 0.2) is 0 Å². The minimum absolute atomic E-state index is 0.111. The van der Waals surface area contributed by atoms with Crippen LogP contribution in [-0.2, 0) is 24.1 Å². The number of nitrogens with one attached hydrogen (secondary N) is 1. The van der Waals surface area contributed by atoms with Crippen molar-refractivity contribution >= 4 is 34.0 Å². The number of carbonyl (C=O) groups is 1. The summed E-state index contributed by atoms with van der Waals surface area (Å²) in [6.07, 6.45) is 5.01. The van der Waals surface area contributed by atoms with Crippen molar-refractivity contribution in [2.75, 3.05) is 18.2 Å². The highest BCUT2D eigenvalue weighted by Gasteiger charge is 2.21. The first kappa shape index (κ1) is 21.4. The number of hydrogen-bond donors (Lipinski definition) is 1. The second-order valence-electron chi connectivity index (χ2n) is 7.16. The Morgan fingerprint density at radius 3 is 2.87 bits per heavy atom. The number of ether oxygens (including phenoxy) is 1. The fourth-order valence-corrected chi connectivity index (χ4v) is 5.45. The molecule has 1 amide bonds. The van der Waals surface area contributed by atoms with Crippen LogP contribution < -0.4 is 10.1 Å². The van der Waals surface area contributed by atoms with E-state index in [1.807, 2.05) is 24.3 Å². The quantitative estimate of drug-likeness (QED) is 0.496. The van der Waals surface area contributed by atoms with E-state index in [1.165, 1.54) is 16.6 Å². The van der Waals surface area contributed by atoms with Gasteiger partial charge >= 0.3 is 0 Å². The van der Waals surface area contributed by atoms with Gasteiger partial charge in [0.2, 0.25) is 11.8 Å². The molecule has 3 aromatic rings. The van der Waals surface area contributed by atoms with E-state index in [0.29, 0.717) is 40.3 Å². The molecular weight excluding hydrogens is 432 g/mol. The second kappa shape index (κ2) is 9.98. The zero-order valence-corrected chi connectivity index (χ0v) is 18.8. The fraction of sp³-hybridized carbons (Fsp3) is 0.364. The molecule has 0 bridgehead atoms. The van der Waals surface area contributed by atoms with Crippen molar-refractivity contribution in [3.63, 3.8) is 0 Å². The molecule has 7 nitrogen and oxygen atoms in total. The number of thioether (sulfide) groups is 1. The van der Waals surface area contributed by atoms with Crippen LogP contribution in [0, 0.1) is 11.3 Å². The van der Waals surface area contributed by atoms with Gasteiger partial charge in [-0.25, -0.2) is 0 Å². The van der Waals surface area contributed by atoms with Crippen LogP contribution in [0.5, 0.6) is 5.75 Å². The summed E-state index contributed by atoms with van der Waals surface area (Å²) in [5.74, 6) is 1.73. The monoisotopic (exact) mass is 454 g/mol. The molecule has 0 unspecified atom stereocenters. The lowest BCUT2D eigenvalue weighted by Crippen LogP contribution is -2.12. The third-order valence-electron chi connectivity index (χ3n) is 5.05. The predicted molar refractivity (Wildman–Crippen MR) is 120 cm³/mol. The van der Waals surface area contributed by atoms with Gasteiger partial charge in [0.05, 0.1) is 19.1 Å². The molecule has 0 saturated carbocycles. The van der Waals surface area contributed by atoms with Crippen molar-refractivity contribution in [1.82, 2.24) is 10.2 Å². The number of fused-ring (bicyclic) bond motifs is 1. The first-order valence-corrected chi connectivity index (χ1v) is 11.9. The number of amides is 1. The number of nitriles is 1. The molecule has 0 aliphatic heterocycles. The van der Waals surface area contributed by atoms with Crippen molar-refractivity contribution in [2.45, 2.75) is 43.7 Å². The number of aryl methyl sites for hydroxylation is 1. The molecule has 31 heavy (non-hydrogen) atoms. The van der Waals surface area contributed by atoms with Crippen LogP contribution in [0.4, 0.5) is 5.00 Å². The molecule has 0 radical (unpaired) electrons. The molecule has 0 atom stereocenters. The van der Waals surface area contributed by atoms with E-state index in [2.05, 4.69) is 21.6 Å². The average Bonchev–Trinajstić information content (AvgIpc) is 3.37. The van der Waals surface area contributed by atoms with Gasteiger partial charge in [0, 0.05) is 17.1 Å². The Morgan fingerprint density at radius 1 is 1.29 bits per heavy atom. The molecule has 1 aliphatic carbocycles. The summed E-state index contributed by atoms with van der Waals surface area (Å²) in [5, 5.41) is 21.7. The van der Waals surface area contributed by atoms with Crippen LogP contribution in [-0.4, -0.2) is 29.0 Å². The van der Waals surface area contributed by atoms with Crippen LogP contribution in [0.1, 0.15) is 46.7 Å². The summed E-state index contributed by atoms with van der Waals surface area (Å²) in [4.78, 5) is 13.6. The molecule has 0 fully saturated rings. The van der Waals surface area contributed by atoms with Gasteiger partial charge < -0.3 is 14.5 Å². The minimum Gasteiger partial charge on any atom is -0.497 e. The Morgan fingerprint density at radius 2 is 2.10 bits per heavy atom. The summed E-state index contributed by atoms with van der Waals surface area (Å²) in [6.45, 7) is 0. The Bertz CT molecular complexity index is 1100. The summed E-state index contributed by atoms with van der Waals surface area (Å²) in [6, 6.07) is 9.96. The smallest absolute Gasteiger partial charge is 0.276 e. The van der Waals surface area contributed by atoms with E-state index in [-0.39, 0.29) is 5.91 Å². The zero-order valence-electron chi connectivity index (χ0n) is 17.1. The Kier molecular flexibility index (Phi) is 6.89. The Balaban J connectivity index is 1.26. The number of nitrogens with zero attached hydrogens (tertiary/aromatic N) is 3. The Labute approximate surface area is 188 Å². The minimum atomic E-state index is -0.111. The maximum Gasteiger partial charge on any atom is 0.276 e. The molecule has 160 valence electrons. The van der Waals surface area contributed by atoms with Crippen molar-refractivity contribution in [3.05, 3.63) is 51.7 Å². The molecule has 4 rings (SSSR count). The number of anilines is 1. The highest BCUT2D eigenvalue weighted by atomic mass is 32.2. The van der Waals surface area contributed by atoms with Crippen LogP contribution in [0.2, 0.25) is 0 Å². The maximum absolute atomic E-state index is 12.4. The number of methoxy groups -OCH3 is 1. The molecule has 0 saturated heterocycles. The number of carbonyl (C=O) groups excluding carboxylic acids is 1. The molecular formula is C22H22N4O3S2. The third-order valence-corrected chi connectivity index (χ3v) is 7.08. The van der Waals surface area contributed by atoms with Gasteiger partial charge in [-0.05, 0) is 48.9 Å². The molecule has 0 spiro atoms. The van der Waals surface area contributed by atoms with Crippen molar-refractivity contribution < 1.29 is 13.9 Å². The first-order valence-electron chi connectivity index (χ1n) is 10.1. The predicted octanol–water partition coefficient (Wildman–Crippen LogP) is 4.60. The third kappa shape index (κ3) is 5.27.